The molecular weight excluding hydrogens is 407 g/mol. The van der Waals surface area contributed by atoms with Gasteiger partial charge in [0.15, 0.2) is 11.5 Å². The summed E-state index contributed by atoms with van der Waals surface area (Å²) >= 11 is 0. The summed E-state index contributed by atoms with van der Waals surface area (Å²) in [5.41, 5.74) is 0. The summed E-state index contributed by atoms with van der Waals surface area (Å²) in [5.74, 6) is 1.04. The van der Waals surface area contributed by atoms with E-state index >= 15 is 0 Å². The third-order valence-corrected chi connectivity index (χ3v) is 6.79. The number of rotatable bonds is 10. The van der Waals surface area contributed by atoms with Gasteiger partial charge in [-0.3, -0.25) is 4.90 Å². The van der Waals surface area contributed by atoms with Gasteiger partial charge in [-0.2, -0.15) is 0 Å². The molecule has 3 rings (SSSR count). The molecule has 1 N–H and O–H groups in total. The molecule has 1 fully saturated rings. The number of ether oxygens (including phenoxy) is 2. The highest BCUT2D eigenvalue weighted by molar-refractivity contribution is 7.89. The molecule has 8 heteroatoms. The zero-order chi connectivity index (χ0) is 21.6. The standard InChI is InChI=1S/C22H29FN2O4S/c1-17(24-30(26,27)20-11-9-18(23)10-12-20)6-5-14-25-15-13-19(16-25)29-22-8-4-3-7-21(22)28-2/h3-4,7-12,17,19,24H,5-6,13-16H2,1-2H3. The van der Waals surface area contributed by atoms with E-state index in [1.54, 1.807) is 7.11 Å². The van der Waals surface area contributed by atoms with Crippen molar-refractivity contribution in [1.29, 1.82) is 0 Å². The molecule has 0 spiro atoms. The van der Waals surface area contributed by atoms with E-state index in [0.29, 0.717) is 0 Å². The number of sulfonamides is 1. The van der Waals surface area contributed by atoms with Crippen LogP contribution in [-0.2, 0) is 10.0 Å². The molecule has 1 heterocycles. The molecule has 164 valence electrons. The number of halogens is 1. The molecule has 0 aliphatic carbocycles. The Morgan fingerprint density at radius 2 is 1.87 bits per heavy atom. The lowest BCUT2D eigenvalue weighted by molar-refractivity contribution is 0.192. The van der Waals surface area contributed by atoms with E-state index in [1.807, 2.05) is 31.2 Å². The highest BCUT2D eigenvalue weighted by Gasteiger charge is 2.25. The Hall–Kier alpha value is -2.16. The summed E-state index contributed by atoms with van der Waals surface area (Å²) < 4.78 is 51.8. The van der Waals surface area contributed by atoms with Crippen LogP contribution >= 0.6 is 0 Å². The number of nitrogens with one attached hydrogen (secondary N) is 1. The maximum Gasteiger partial charge on any atom is 0.240 e. The normalized spacial score (nSPS) is 18.3. The number of hydrogen-bond acceptors (Lipinski definition) is 5. The van der Waals surface area contributed by atoms with Crippen molar-refractivity contribution >= 4 is 10.0 Å². The molecule has 2 aromatic carbocycles. The first-order valence-electron chi connectivity index (χ1n) is 10.2. The molecule has 0 radical (unpaired) electrons. The number of hydrogen-bond donors (Lipinski definition) is 1. The molecule has 0 amide bonds. The Morgan fingerprint density at radius 1 is 1.17 bits per heavy atom. The maximum atomic E-state index is 13.0. The molecule has 1 aliphatic rings. The smallest absolute Gasteiger partial charge is 0.240 e. The highest BCUT2D eigenvalue weighted by atomic mass is 32.2. The topological polar surface area (TPSA) is 67.9 Å². The first kappa shape index (κ1) is 22.5. The summed E-state index contributed by atoms with van der Waals surface area (Å²) in [6.45, 7) is 4.52. The largest absolute Gasteiger partial charge is 0.493 e. The van der Waals surface area contributed by atoms with E-state index in [2.05, 4.69) is 9.62 Å². The lowest BCUT2D eigenvalue weighted by Gasteiger charge is -2.19. The van der Waals surface area contributed by atoms with Crippen LogP contribution in [0.1, 0.15) is 26.2 Å². The average Bonchev–Trinajstić information content (AvgIpc) is 3.15. The zero-order valence-corrected chi connectivity index (χ0v) is 18.2. The SMILES string of the molecule is COc1ccccc1OC1CCN(CCCC(C)NS(=O)(=O)c2ccc(F)cc2)C1. The number of nitrogens with zero attached hydrogens (tertiary/aromatic N) is 1. The van der Waals surface area contributed by atoms with Crippen molar-refractivity contribution in [2.45, 2.75) is 43.2 Å². The molecule has 30 heavy (non-hydrogen) atoms. The van der Waals surface area contributed by atoms with Gasteiger partial charge in [0, 0.05) is 19.1 Å². The Balaban J connectivity index is 1.40. The van der Waals surface area contributed by atoms with E-state index in [9.17, 15) is 12.8 Å². The predicted molar refractivity (Wildman–Crippen MR) is 114 cm³/mol. The van der Waals surface area contributed by atoms with Gasteiger partial charge in [-0.05, 0) is 69.1 Å². The van der Waals surface area contributed by atoms with Crippen molar-refractivity contribution in [2.75, 3.05) is 26.7 Å². The lowest BCUT2D eigenvalue weighted by Crippen LogP contribution is -2.33. The highest BCUT2D eigenvalue weighted by Crippen LogP contribution is 2.28. The fraction of sp³-hybridized carbons (Fsp3) is 0.455. The van der Waals surface area contributed by atoms with Crippen LogP contribution in [-0.4, -0.2) is 52.2 Å². The van der Waals surface area contributed by atoms with E-state index in [4.69, 9.17) is 9.47 Å². The van der Waals surface area contributed by atoms with Crippen LogP contribution in [0.2, 0.25) is 0 Å². The van der Waals surface area contributed by atoms with Gasteiger partial charge in [0.2, 0.25) is 10.0 Å². The monoisotopic (exact) mass is 436 g/mol. The molecule has 1 saturated heterocycles. The molecule has 0 aromatic heterocycles. The van der Waals surface area contributed by atoms with Crippen LogP contribution < -0.4 is 14.2 Å². The minimum absolute atomic E-state index is 0.0756. The van der Waals surface area contributed by atoms with Gasteiger partial charge in [0.05, 0.1) is 12.0 Å². The second-order valence-electron chi connectivity index (χ2n) is 7.60. The Morgan fingerprint density at radius 3 is 2.57 bits per heavy atom. The number of para-hydroxylation sites is 2. The second-order valence-corrected chi connectivity index (χ2v) is 9.31. The van der Waals surface area contributed by atoms with Crippen molar-refractivity contribution in [3.63, 3.8) is 0 Å². The lowest BCUT2D eigenvalue weighted by atomic mass is 10.2. The van der Waals surface area contributed by atoms with Crippen LogP contribution in [0.5, 0.6) is 11.5 Å². The van der Waals surface area contributed by atoms with Crippen molar-refractivity contribution in [3.8, 4) is 11.5 Å². The molecule has 2 aromatic rings. The zero-order valence-electron chi connectivity index (χ0n) is 17.4. The van der Waals surface area contributed by atoms with Gasteiger partial charge in [0.25, 0.3) is 0 Å². The maximum absolute atomic E-state index is 13.0. The van der Waals surface area contributed by atoms with Crippen LogP contribution in [0.4, 0.5) is 4.39 Å². The average molecular weight is 437 g/mol. The van der Waals surface area contributed by atoms with Gasteiger partial charge in [0.1, 0.15) is 11.9 Å². The van der Waals surface area contributed by atoms with Gasteiger partial charge < -0.3 is 9.47 Å². The van der Waals surface area contributed by atoms with Gasteiger partial charge in [-0.15, -0.1) is 0 Å². The molecule has 0 saturated carbocycles. The Bertz CT molecular complexity index is 921. The molecule has 6 nitrogen and oxygen atoms in total. The fourth-order valence-corrected chi connectivity index (χ4v) is 4.90. The van der Waals surface area contributed by atoms with Crippen molar-refractivity contribution in [2.24, 2.45) is 0 Å². The van der Waals surface area contributed by atoms with E-state index < -0.39 is 15.8 Å². The Labute approximate surface area is 178 Å². The van der Waals surface area contributed by atoms with Crippen molar-refractivity contribution in [1.82, 2.24) is 9.62 Å². The summed E-state index contributed by atoms with van der Waals surface area (Å²) in [5, 5.41) is 0. The second kappa shape index (κ2) is 10.2. The first-order valence-corrected chi connectivity index (χ1v) is 11.7. The Kier molecular flexibility index (Phi) is 7.69. The third kappa shape index (κ3) is 6.17. The summed E-state index contributed by atoms with van der Waals surface area (Å²) in [4.78, 5) is 2.41. The number of benzene rings is 2. The minimum atomic E-state index is -3.64. The molecule has 1 aliphatic heterocycles. The number of likely N-dealkylation sites (tertiary alicyclic amines) is 1. The van der Waals surface area contributed by atoms with Crippen LogP contribution in [0.25, 0.3) is 0 Å². The van der Waals surface area contributed by atoms with E-state index in [-0.39, 0.29) is 17.0 Å². The summed E-state index contributed by atoms with van der Waals surface area (Å²) in [6.07, 6.45) is 2.66. The molecule has 2 unspecified atom stereocenters. The third-order valence-electron chi connectivity index (χ3n) is 5.18. The van der Waals surface area contributed by atoms with Crippen LogP contribution in [0.3, 0.4) is 0 Å². The van der Waals surface area contributed by atoms with Gasteiger partial charge in [-0.1, -0.05) is 12.1 Å². The quantitative estimate of drug-likeness (QED) is 0.618. The van der Waals surface area contributed by atoms with Crippen molar-refractivity contribution < 1.29 is 22.3 Å². The van der Waals surface area contributed by atoms with E-state index in [0.717, 1.165) is 62.5 Å². The van der Waals surface area contributed by atoms with E-state index in [1.165, 1.54) is 12.1 Å². The van der Waals surface area contributed by atoms with Gasteiger partial charge >= 0.3 is 0 Å². The number of methoxy groups -OCH3 is 1. The predicted octanol–water partition coefficient (Wildman–Crippen LogP) is 3.43. The summed E-state index contributed by atoms with van der Waals surface area (Å²) in [7, 11) is -2.00. The summed E-state index contributed by atoms with van der Waals surface area (Å²) in [6, 6.07) is 12.3. The molecular formula is C22H29FN2O4S. The molecule has 0 bridgehead atoms. The first-order chi connectivity index (χ1) is 14.4. The van der Waals surface area contributed by atoms with Crippen molar-refractivity contribution in [3.05, 3.63) is 54.3 Å². The fourth-order valence-electron chi connectivity index (χ4n) is 3.62. The van der Waals surface area contributed by atoms with Gasteiger partial charge in [-0.25, -0.2) is 17.5 Å². The van der Waals surface area contributed by atoms with Crippen LogP contribution in [0, 0.1) is 5.82 Å². The van der Waals surface area contributed by atoms with Crippen LogP contribution in [0.15, 0.2) is 53.4 Å². The molecule has 2 atom stereocenters. The minimum Gasteiger partial charge on any atom is -0.493 e.